The highest BCUT2D eigenvalue weighted by atomic mass is 32.2. The van der Waals surface area contributed by atoms with Gasteiger partial charge < -0.3 is 9.72 Å². The molecule has 3 heterocycles. The van der Waals surface area contributed by atoms with Crippen LogP contribution in [0.2, 0.25) is 0 Å². The average molecular weight is 331 g/mol. The van der Waals surface area contributed by atoms with Crippen LogP contribution in [0.15, 0.2) is 41.4 Å². The van der Waals surface area contributed by atoms with Gasteiger partial charge in [0.05, 0.1) is 0 Å². The van der Waals surface area contributed by atoms with Gasteiger partial charge in [-0.2, -0.15) is 23.1 Å². The lowest BCUT2D eigenvalue weighted by Gasteiger charge is -2.02. The van der Waals surface area contributed by atoms with Crippen LogP contribution in [-0.2, 0) is 5.75 Å². The number of pyridine rings is 1. The number of thiophene rings is 1. The first-order valence-corrected chi connectivity index (χ1v) is 9.14. The Kier molecular flexibility index (Phi) is 4.80. The van der Waals surface area contributed by atoms with Crippen molar-refractivity contribution in [3.8, 4) is 0 Å². The van der Waals surface area contributed by atoms with Crippen LogP contribution in [0.25, 0.3) is 5.65 Å². The van der Waals surface area contributed by atoms with Crippen molar-refractivity contribution in [1.82, 2.24) is 14.7 Å². The average Bonchev–Trinajstić information content (AvgIpc) is 3.15. The van der Waals surface area contributed by atoms with E-state index in [0.717, 1.165) is 22.7 Å². The van der Waals surface area contributed by atoms with Crippen LogP contribution in [0.1, 0.15) is 21.6 Å². The van der Waals surface area contributed by atoms with E-state index >= 15 is 0 Å². The minimum atomic E-state index is -0.113. The molecule has 3 aromatic heterocycles. The predicted octanol–water partition coefficient (Wildman–Crippen LogP) is 3.37. The minimum Gasteiger partial charge on any atom is -0.350 e. The van der Waals surface area contributed by atoms with Crippen LogP contribution in [0.3, 0.4) is 0 Å². The highest BCUT2D eigenvalue weighted by Crippen LogP contribution is 2.14. The van der Waals surface area contributed by atoms with Crippen LogP contribution >= 0.6 is 23.1 Å². The maximum atomic E-state index is 12.1. The Morgan fingerprint density at radius 3 is 3.18 bits per heavy atom. The van der Waals surface area contributed by atoms with Gasteiger partial charge >= 0.3 is 0 Å². The molecule has 114 valence electrons. The van der Waals surface area contributed by atoms with Crippen molar-refractivity contribution < 1.29 is 4.79 Å². The molecular formula is C16H17N3OS2. The number of hydrogen-bond acceptors (Lipinski definition) is 4. The Labute approximate surface area is 137 Å². The number of aromatic nitrogens is 2. The van der Waals surface area contributed by atoms with Crippen LogP contribution in [0, 0.1) is 6.92 Å². The third-order valence-corrected chi connectivity index (χ3v) is 4.99. The number of rotatable bonds is 6. The summed E-state index contributed by atoms with van der Waals surface area (Å²) in [6, 6.07) is 6.10. The minimum absolute atomic E-state index is 0.113. The van der Waals surface area contributed by atoms with Gasteiger partial charge in [-0.15, -0.1) is 0 Å². The largest absolute Gasteiger partial charge is 0.350 e. The summed E-state index contributed by atoms with van der Waals surface area (Å²) < 4.78 is 1.87. The Morgan fingerprint density at radius 1 is 1.45 bits per heavy atom. The molecule has 3 rings (SSSR count). The molecule has 6 heteroatoms. The monoisotopic (exact) mass is 331 g/mol. The van der Waals surface area contributed by atoms with Crippen molar-refractivity contribution in [2.24, 2.45) is 0 Å². The molecule has 0 unspecified atom stereocenters. The first-order valence-electron chi connectivity index (χ1n) is 7.05. The SMILES string of the molecule is Cc1ccn2cc(C(=O)NCCSCc3ccsc3)nc2c1. The summed E-state index contributed by atoms with van der Waals surface area (Å²) in [5.41, 5.74) is 3.75. The van der Waals surface area contributed by atoms with Gasteiger partial charge in [0.1, 0.15) is 11.3 Å². The lowest BCUT2D eigenvalue weighted by atomic mass is 10.3. The summed E-state index contributed by atoms with van der Waals surface area (Å²) in [5, 5.41) is 7.16. The fraction of sp³-hybridized carbons (Fsp3) is 0.250. The summed E-state index contributed by atoms with van der Waals surface area (Å²) in [7, 11) is 0. The van der Waals surface area contributed by atoms with E-state index in [1.54, 1.807) is 17.5 Å². The van der Waals surface area contributed by atoms with Crippen molar-refractivity contribution in [2.75, 3.05) is 12.3 Å². The number of hydrogen-bond donors (Lipinski definition) is 1. The van der Waals surface area contributed by atoms with Crippen molar-refractivity contribution in [1.29, 1.82) is 0 Å². The molecule has 0 aromatic carbocycles. The Balaban J connectivity index is 1.48. The molecular weight excluding hydrogens is 314 g/mol. The number of aryl methyl sites for hydroxylation is 1. The highest BCUT2D eigenvalue weighted by molar-refractivity contribution is 7.98. The number of fused-ring (bicyclic) bond motifs is 1. The van der Waals surface area contributed by atoms with Crippen LogP contribution in [-0.4, -0.2) is 27.6 Å². The molecule has 22 heavy (non-hydrogen) atoms. The fourth-order valence-electron chi connectivity index (χ4n) is 2.09. The summed E-state index contributed by atoms with van der Waals surface area (Å²) in [4.78, 5) is 16.5. The van der Waals surface area contributed by atoms with Gasteiger partial charge in [0.2, 0.25) is 0 Å². The topological polar surface area (TPSA) is 46.4 Å². The van der Waals surface area contributed by atoms with Gasteiger partial charge in [-0.05, 0) is 47.0 Å². The third kappa shape index (κ3) is 3.69. The van der Waals surface area contributed by atoms with Gasteiger partial charge in [-0.1, -0.05) is 0 Å². The van der Waals surface area contributed by atoms with E-state index in [0.29, 0.717) is 12.2 Å². The zero-order valence-electron chi connectivity index (χ0n) is 12.3. The third-order valence-electron chi connectivity index (χ3n) is 3.23. The molecule has 0 saturated carbocycles. The Bertz CT molecular complexity index is 765. The maximum absolute atomic E-state index is 12.1. The number of thioether (sulfide) groups is 1. The van der Waals surface area contributed by atoms with E-state index in [4.69, 9.17) is 0 Å². The van der Waals surface area contributed by atoms with Gasteiger partial charge in [-0.25, -0.2) is 4.98 Å². The summed E-state index contributed by atoms with van der Waals surface area (Å²) in [6.45, 7) is 2.67. The Hall–Kier alpha value is -1.79. The van der Waals surface area contributed by atoms with E-state index in [-0.39, 0.29) is 5.91 Å². The zero-order chi connectivity index (χ0) is 15.4. The molecule has 0 bridgehead atoms. The van der Waals surface area contributed by atoms with E-state index in [2.05, 4.69) is 27.1 Å². The number of nitrogens with one attached hydrogen (secondary N) is 1. The van der Waals surface area contributed by atoms with Crippen LogP contribution in [0.4, 0.5) is 0 Å². The van der Waals surface area contributed by atoms with Crippen LogP contribution < -0.4 is 5.32 Å². The normalized spacial score (nSPS) is 11.0. The predicted molar refractivity (Wildman–Crippen MR) is 92.7 cm³/mol. The number of carbonyl (C=O) groups is 1. The molecule has 0 radical (unpaired) electrons. The molecule has 0 aliphatic carbocycles. The van der Waals surface area contributed by atoms with E-state index in [9.17, 15) is 4.79 Å². The second kappa shape index (κ2) is 6.98. The van der Waals surface area contributed by atoms with Crippen molar-refractivity contribution in [3.63, 3.8) is 0 Å². The molecule has 0 fully saturated rings. The Morgan fingerprint density at radius 2 is 2.36 bits per heavy atom. The van der Waals surface area contributed by atoms with Crippen molar-refractivity contribution in [2.45, 2.75) is 12.7 Å². The lowest BCUT2D eigenvalue weighted by molar-refractivity contribution is 0.0952. The van der Waals surface area contributed by atoms with Gasteiger partial charge in [-0.3, -0.25) is 4.79 Å². The molecule has 1 N–H and O–H groups in total. The zero-order valence-corrected chi connectivity index (χ0v) is 13.9. The molecule has 0 spiro atoms. The second-order valence-electron chi connectivity index (χ2n) is 5.04. The number of carbonyl (C=O) groups excluding carboxylic acids is 1. The van der Waals surface area contributed by atoms with Crippen molar-refractivity contribution >= 4 is 34.7 Å². The molecule has 4 nitrogen and oxygen atoms in total. The van der Waals surface area contributed by atoms with Crippen LogP contribution in [0.5, 0.6) is 0 Å². The van der Waals surface area contributed by atoms with Crippen molar-refractivity contribution in [3.05, 3.63) is 58.2 Å². The summed E-state index contributed by atoms with van der Waals surface area (Å²) in [6.07, 6.45) is 3.69. The number of amides is 1. The quantitative estimate of drug-likeness (QED) is 0.705. The molecule has 0 aliphatic heterocycles. The van der Waals surface area contributed by atoms with E-state index in [1.807, 2.05) is 41.4 Å². The smallest absolute Gasteiger partial charge is 0.271 e. The maximum Gasteiger partial charge on any atom is 0.271 e. The first-order chi connectivity index (χ1) is 10.7. The van der Waals surface area contributed by atoms with Gasteiger partial charge in [0, 0.05) is 30.4 Å². The standard InChI is InChI=1S/C16H17N3OS2/c1-12-2-5-19-9-14(18-15(19)8-12)16(20)17-4-7-22-11-13-3-6-21-10-13/h2-3,5-6,8-10H,4,7,11H2,1H3,(H,17,20). The fourth-order valence-corrected chi connectivity index (χ4v) is 3.67. The lowest BCUT2D eigenvalue weighted by Crippen LogP contribution is -2.26. The molecule has 3 aromatic rings. The molecule has 1 amide bonds. The van der Waals surface area contributed by atoms with Gasteiger partial charge in [0.25, 0.3) is 5.91 Å². The molecule has 0 aliphatic rings. The molecule has 0 atom stereocenters. The highest BCUT2D eigenvalue weighted by Gasteiger charge is 2.10. The number of imidazole rings is 1. The van der Waals surface area contributed by atoms with E-state index in [1.165, 1.54) is 5.56 Å². The number of nitrogens with zero attached hydrogens (tertiary/aromatic N) is 2. The molecule has 0 saturated heterocycles. The summed E-state index contributed by atoms with van der Waals surface area (Å²) in [5.74, 6) is 1.78. The van der Waals surface area contributed by atoms with E-state index < -0.39 is 0 Å². The second-order valence-corrected chi connectivity index (χ2v) is 6.92. The first kappa shape index (κ1) is 15.1. The van der Waals surface area contributed by atoms with Gasteiger partial charge in [0.15, 0.2) is 0 Å². The summed E-state index contributed by atoms with van der Waals surface area (Å²) >= 11 is 3.54.